The minimum Gasteiger partial charge on any atom is -0.312 e. The standard InChI is InChI=1S/C8H12ClN3/c9-7-4-11-12(5-7)6-8-2-1-3-10-8/h4-5,8,10H,1-3,6H2. The molecule has 2 rings (SSSR count). The Hall–Kier alpha value is -0.540. The Balaban J connectivity index is 1.94. The Labute approximate surface area is 76.7 Å². The predicted molar refractivity (Wildman–Crippen MR) is 48.3 cm³/mol. The minimum absolute atomic E-state index is 0.584. The highest BCUT2D eigenvalue weighted by Gasteiger charge is 2.14. The number of nitrogens with zero attached hydrogens (tertiary/aromatic N) is 2. The molecule has 0 bridgehead atoms. The Kier molecular flexibility index (Phi) is 2.33. The van der Waals surface area contributed by atoms with Crippen molar-refractivity contribution in [3.05, 3.63) is 17.4 Å². The lowest BCUT2D eigenvalue weighted by Gasteiger charge is -2.08. The summed E-state index contributed by atoms with van der Waals surface area (Å²) in [5.41, 5.74) is 0. The van der Waals surface area contributed by atoms with E-state index in [0.717, 1.165) is 13.1 Å². The molecule has 1 aromatic rings. The van der Waals surface area contributed by atoms with Gasteiger partial charge in [-0.15, -0.1) is 0 Å². The third-order valence-electron chi connectivity index (χ3n) is 2.17. The van der Waals surface area contributed by atoms with Crippen LogP contribution in [0.1, 0.15) is 12.8 Å². The molecule has 4 heteroatoms. The summed E-state index contributed by atoms with van der Waals surface area (Å²) in [5.74, 6) is 0. The molecule has 0 aliphatic carbocycles. The second-order valence-electron chi connectivity index (χ2n) is 3.17. The lowest BCUT2D eigenvalue weighted by Crippen LogP contribution is -2.26. The lowest BCUT2D eigenvalue weighted by atomic mass is 10.2. The van der Waals surface area contributed by atoms with Crippen LogP contribution in [0.3, 0.4) is 0 Å². The number of rotatable bonds is 2. The zero-order chi connectivity index (χ0) is 8.39. The summed E-state index contributed by atoms with van der Waals surface area (Å²) in [6.45, 7) is 2.08. The Bertz CT molecular complexity index is 253. The molecule has 2 heterocycles. The summed E-state index contributed by atoms with van der Waals surface area (Å²) in [6, 6.07) is 0.584. The van der Waals surface area contributed by atoms with Crippen LogP contribution in [-0.4, -0.2) is 22.4 Å². The highest BCUT2D eigenvalue weighted by atomic mass is 35.5. The number of hydrogen-bond donors (Lipinski definition) is 1. The molecule has 1 aliphatic rings. The van der Waals surface area contributed by atoms with Gasteiger partial charge in [-0.05, 0) is 19.4 Å². The van der Waals surface area contributed by atoms with Crippen molar-refractivity contribution < 1.29 is 0 Å². The van der Waals surface area contributed by atoms with Crippen LogP contribution in [0.25, 0.3) is 0 Å². The van der Waals surface area contributed by atoms with E-state index in [1.54, 1.807) is 6.20 Å². The quantitative estimate of drug-likeness (QED) is 0.753. The summed E-state index contributed by atoms with van der Waals surface area (Å²) in [4.78, 5) is 0. The van der Waals surface area contributed by atoms with Crippen molar-refractivity contribution in [1.82, 2.24) is 15.1 Å². The largest absolute Gasteiger partial charge is 0.312 e. The Morgan fingerprint density at radius 1 is 1.75 bits per heavy atom. The molecule has 0 saturated carbocycles. The molecular weight excluding hydrogens is 174 g/mol. The number of halogens is 1. The van der Waals surface area contributed by atoms with Gasteiger partial charge in [-0.2, -0.15) is 5.10 Å². The average Bonchev–Trinajstić information content (AvgIpc) is 2.63. The van der Waals surface area contributed by atoms with E-state index in [1.165, 1.54) is 12.8 Å². The maximum absolute atomic E-state index is 5.74. The smallest absolute Gasteiger partial charge is 0.0785 e. The number of aromatic nitrogens is 2. The Morgan fingerprint density at radius 3 is 3.25 bits per heavy atom. The highest BCUT2D eigenvalue weighted by molar-refractivity contribution is 6.30. The third-order valence-corrected chi connectivity index (χ3v) is 2.37. The number of nitrogens with one attached hydrogen (secondary N) is 1. The monoisotopic (exact) mass is 185 g/mol. The lowest BCUT2D eigenvalue weighted by molar-refractivity contribution is 0.476. The van der Waals surface area contributed by atoms with E-state index in [9.17, 15) is 0 Å². The van der Waals surface area contributed by atoms with Crippen LogP contribution < -0.4 is 5.32 Å². The van der Waals surface area contributed by atoms with Crippen molar-refractivity contribution in [3.63, 3.8) is 0 Å². The topological polar surface area (TPSA) is 29.9 Å². The average molecular weight is 186 g/mol. The zero-order valence-corrected chi connectivity index (χ0v) is 7.59. The van der Waals surface area contributed by atoms with Crippen molar-refractivity contribution in [1.29, 1.82) is 0 Å². The molecule has 1 N–H and O–H groups in total. The molecule has 1 aromatic heterocycles. The van der Waals surface area contributed by atoms with Gasteiger partial charge in [-0.3, -0.25) is 4.68 Å². The molecule has 1 aliphatic heterocycles. The fraction of sp³-hybridized carbons (Fsp3) is 0.625. The first kappa shape index (κ1) is 8.08. The van der Waals surface area contributed by atoms with Crippen LogP contribution in [0.5, 0.6) is 0 Å². The summed E-state index contributed by atoms with van der Waals surface area (Å²) >= 11 is 5.74. The highest BCUT2D eigenvalue weighted by Crippen LogP contribution is 2.09. The molecule has 1 unspecified atom stereocenters. The van der Waals surface area contributed by atoms with Crippen molar-refractivity contribution >= 4 is 11.6 Å². The predicted octanol–water partition coefficient (Wildman–Crippen LogP) is 1.29. The maximum atomic E-state index is 5.74. The van der Waals surface area contributed by atoms with Gasteiger partial charge >= 0.3 is 0 Å². The zero-order valence-electron chi connectivity index (χ0n) is 6.83. The van der Waals surface area contributed by atoms with Gasteiger partial charge in [-0.1, -0.05) is 11.6 Å². The normalized spacial score (nSPS) is 23.2. The van der Waals surface area contributed by atoms with E-state index in [-0.39, 0.29) is 0 Å². The van der Waals surface area contributed by atoms with E-state index < -0.39 is 0 Å². The molecule has 0 spiro atoms. The molecule has 0 radical (unpaired) electrons. The molecule has 0 aromatic carbocycles. The first-order valence-corrected chi connectivity index (χ1v) is 4.64. The van der Waals surface area contributed by atoms with Crippen LogP contribution in [0, 0.1) is 0 Å². The van der Waals surface area contributed by atoms with Crippen LogP contribution in [-0.2, 0) is 6.54 Å². The molecule has 12 heavy (non-hydrogen) atoms. The van der Waals surface area contributed by atoms with Crippen LogP contribution in [0.4, 0.5) is 0 Å². The fourth-order valence-corrected chi connectivity index (χ4v) is 1.73. The number of hydrogen-bond acceptors (Lipinski definition) is 2. The SMILES string of the molecule is Clc1cnn(CC2CCCN2)c1. The third kappa shape index (κ3) is 1.79. The van der Waals surface area contributed by atoms with Crippen LogP contribution in [0.15, 0.2) is 12.4 Å². The summed E-state index contributed by atoms with van der Waals surface area (Å²) in [5, 5.41) is 8.25. The Morgan fingerprint density at radius 2 is 2.67 bits per heavy atom. The summed E-state index contributed by atoms with van der Waals surface area (Å²) in [6.07, 6.45) is 6.06. The van der Waals surface area contributed by atoms with E-state index in [0.29, 0.717) is 11.1 Å². The fourth-order valence-electron chi connectivity index (χ4n) is 1.58. The minimum atomic E-state index is 0.584. The molecule has 1 fully saturated rings. The van der Waals surface area contributed by atoms with Gasteiger partial charge < -0.3 is 5.32 Å². The van der Waals surface area contributed by atoms with Crippen LogP contribution in [0.2, 0.25) is 5.02 Å². The maximum Gasteiger partial charge on any atom is 0.0785 e. The first-order valence-electron chi connectivity index (χ1n) is 4.26. The van der Waals surface area contributed by atoms with E-state index in [2.05, 4.69) is 10.4 Å². The summed E-state index contributed by atoms with van der Waals surface area (Å²) in [7, 11) is 0. The van der Waals surface area contributed by atoms with Crippen molar-refractivity contribution in [2.45, 2.75) is 25.4 Å². The second kappa shape index (κ2) is 3.46. The molecular formula is C8H12ClN3. The van der Waals surface area contributed by atoms with Gasteiger partial charge in [-0.25, -0.2) is 0 Å². The van der Waals surface area contributed by atoms with Crippen molar-refractivity contribution in [2.24, 2.45) is 0 Å². The van der Waals surface area contributed by atoms with Gasteiger partial charge in [0.05, 0.1) is 17.8 Å². The van der Waals surface area contributed by atoms with Crippen molar-refractivity contribution in [2.75, 3.05) is 6.54 Å². The molecule has 1 saturated heterocycles. The van der Waals surface area contributed by atoms with Crippen LogP contribution >= 0.6 is 11.6 Å². The van der Waals surface area contributed by atoms with E-state index in [4.69, 9.17) is 11.6 Å². The van der Waals surface area contributed by atoms with Gasteiger partial charge in [0, 0.05) is 12.2 Å². The van der Waals surface area contributed by atoms with Gasteiger partial charge in [0.2, 0.25) is 0 Å². The summed E-state index contributed by atoms with van der Waals surface area (Å²) < 4.78 is 1.89. The molecule has 0 amide bonds. The van der Waals surface area contributed by atoms with Crippen molar-refractivity contribution in [3.8, 4) is 0 Å². The van der Waals surface area contributed by atoms with Gasteiger partial charge in [0.25, 0.3) is 0 Å². The molecule has 1 atom stereocenters. The second-order valence-corrected chi connectivity index (χ2v) is 3.61. The van der Waals surface area contributed by atoms with Gasteiger partial charge in [0.15, 0.2) is 0 Å². The van der Waals surface area contributed by atoms with E-state index >= 15 is 0 Å². The van der Waals surface area contributed by atoms with E-state index in [1.807, 2.05) is 10.9 Å². The van der Waals surface area contributed by atoms with Gasteiger partial charge in [0.1, 0.15) is 0 Å². The molecule has 66 valence electrons. The first-order chi connectivity index (χ1) is 5.84. The molecule has 3 nitrogen and oxygen atoms in total.